The van der Waals surface area contributed by atoms with Gasteiger partial charge in [0.25, 0.3) is 5.56 Å². The topological polar surface area (TPSA) is 70.7 Å². The highest BCUT2D eigenvalue weighted by Gasteiger charge is 2.08. The predicted octanol–water partition coefficient (Wildman–Crippen LogP) is 0.860. The Labute approximate surface area is 99.0 Å². The predicted molar refractivity (Wildman–Crippen MR) is 65.6 cm³/mol. The molecule has 0 unspecified atom stereocenters. The van der Waals surface area contributed by atoms with Crippen molar-refractivity contribution in [1.82, 2.24) is 20.3 Å². The van der Waals surface area contributed by atoms with Gasteiger partial charge in [0.05, 0.1) is 5.56 Å². The Morgan fingerprint density at radius 1 is 1.41 bits per heavy atom. The fourth-order valence-corrected chi connectivity index (χ4v) is 1.62. The lowest BCUT2D eigenvalue weighted by Gasteiger charge is -2.06. The Hall–Kier alpha value is -2.01. The summed E-state index contributed by atoms with van der Waals surface area (Å²) in [6, 6.07) is 5.50. The van der Waals surface area contributed by atoms with Crippen LogP contribution in [0.5, 0.6) is 0 Å². The highest BCUT2D eigenvalue weighted by Crippen LogP contribution is 2.10. The summed E-state index contributed by atoms with van der Waals surface area (Å²) >= 11 is 0. The van der Waals surface area contributed by atoms with Gasteiger partial charge in [-0.15, -0.1) is 0 Å². The van der Waals surface area contributed by atoms with Crippen LogP contribution in [0.2, 0.25) is 0 Å². The molecule has 0 radical (unpaired) electrons. The van der Waals surface area contributed by atoms with E-state index in [0.717, 1.165) is 5.69 Å². The van der Waals surface area contributed by atoms with Crippen LogP contribution < -0.4 is 10.9 Å². The molecule has 0 saturated heterocycles. The zero-order valence-corrected chi connectivity index (χ0v) is 9.82. The van der Waals surface area contributed by atoms with Gasteiger partial charge in [-0.2, -0.15) is 0 Å². The molecule has 0 bridgehead atoms. The van der Waals surface area contributed by atoms with Gasteiger partial charge in [-0.25, -0.2) is 4.98 Å². The van der Waals surface area contributed by atoms with E-state index in [2.05, 4.69) is 20.3 Å². The molecule has 5 nitrogen and oxygen atoms in total. The van der Waals surface area contributed by atoms with Crippen LogP contribution in [0.4, 0.5) is 0 Å². The van der Waals surface area contributed by atoms with Crippen LogP contribution in [-0.2, 0) is 6.54 Å². The first-order valence-electron chi connectivity index (χ1n) is 5.38. The molecule has 2 aromatic rings. The smallest absolute Gasteiger partial charge is 0.255 e. The first kappa shape index (κ1) is 11.5. The lowest BCUT2D eigenvalue weighted by atomic mass is 10.2. The summed E-state index contributed by atoms with van der Waals surface area (Å²) in [4.78, 5) is 23.1. The maximum absolute atomic E-state index is 11.9. The fourth-order valence-electron chi connectivity index (χ4n) is 1.62. The molecule has 0 atom stereocenters. The van der Waals surface area contributed by atoms with Gasteiger partial charge in [-0.1, -0.05) is 6.07 Å². The SMILES string of the molecule is CNCc1c(C)nc(-c2ccccn2)[nH]c1=O. The molecular formula is C12H14N4O. The second kappa shape index (κ2) is 4.88. The Balaban J connectivity index is 2.50. The van der Waals surface area contributed by atoms with E-state index >= 15 is 0 Å². The van der Waals surface area contributed by atoms with Crippen LogP contribution in [0, 0.1) is 6.92 Å². The molecule has 0 aliphatic heterocycles. The van der Waals surface area contributed by atoms with E-state index in [1.54, 1.807) is 13.2 Å². The molecule has 0 aliphatic rings. The standard InChI is InChI=1S/C12H14N4O/c1-8-9(7-13-2)12(17)16-11(15-8)10-5-3-4-6-14-10/h3-6,13H,7H2,1-2H3,(H,15,16,17). The van der Waals surface area contributed by atoms with Gasteiger partial charge in [0.1, 0.15) is 5.69 Å². The maximum Gasteiger partial charge on any atom is 0.255 e. The molecule has 0 aliphatic carbocycles. The third-order valence-electron chi connectivity index (χ3n) is 2.48. The molecule has 2 rings (SSSR count). The Morgan fingerprint density at radius 3 is 2.82 bits per heavy atom. The summed E-state index contributed by atoms with van der Waals surface area (Å²) < 4.78 is 0. The van der Waals surface area contributed by atoms with E-state index in [9.17, 15) is 4.79 Å². The number of nitrogens with one attached hydrogen (secondary N) is 2. The number of hydrogen-bond acceptors (Lipinski definition) is 4. The molecule has 0 spiro atoms. The van der Waals surface area contributed by atoms with Gasteiger partial charge in [-0.3, -0.25) is 9.78 Å². The number of aryl methyl sites for hydroxylation is 1. The van der Waals surface area contributed by atoms with Crippen LogP contribution >= 0.6 is 0 Å². The average Bonchev–Trinajstić information content (AvgIpc) is 2.35. The average molecular weight is 230 g/mol. The third kappa shape index (κ3) is 2.39. The van der Waals surface area contributed by atoms with Gasteiger partial charge in [0.15, 0.2) is 5.82 Å². The van der Waals surface area contributed by atoms with Crippen molar-refractivity contribution >= 4 is 0 Å². The van der Waals surface area contributed by atoms with Crippen molar-refractivity contribution in [2.45, 2.75) is 13.5 Å². The van der Waals surface area contributed by atoms with Crippen LogP contribution in [0.1, 0.15) is 11.3 Å². The van der Waals surface area contributed by atoms with Crippen molar-refractivity contribution in [1.29, 1.82) is 0 Å². The second-order valence-electron chi connectivity index (χ2n) is 3.72. The van der Waals surface area contributed by atoms with Crippen LogP contribution in [0.3, 0.4) is 0 Å². The zero-order valence-electron chi connectivity index (χ0n) is 9.82. The van der Waals surface area contributed by atoms with Crippen molar-refractivity contribution in [2.75, 3.05) is 7.05 Å². The number of aromatic nitrogens is 3. The van der Waals surface area contributed by atoms with Gasteiger partial charge < -0.3 is 10.3 Å². The largest absolute Gasteiger partial charge is 0.315 e. The highest BCUT2D eigenvalue weighted by molar-refractivity contribution is 5.48. The molecule has 88 valence electrons. The number of rotatable bonds is 3. The number of nitrogens with zero attached hydrogens (tertiary/aromatic N) is 2. The van der Waals surface area contributed by atoms with Gasteiger partial charge >= 0.3 is 0 Å². The minimum absolute atomic E-state index is 0.118. The van der Waals surface area contributed by atoms with E-state index in [-0.39, 0.29) is 5.56 Å². The fraction of sp³-hybridized carbons (Fsp3) is 0.250. The van der Waals surface area contributed by atoms with Crippen LogP contribution in [0.25, 0.3) is 11.5 Å². The molecule has 0 aromatic carbocycles. The molecule has 0 amide bonds. The minimum Gasteiger partial charge on any atom is -0.315 e. The van der Waals surface area contributed by atoms with Crippen molar-refractivity contribution in [3.63, 3.8) is 0 Å². The van der Waals surface area contributed by atoms with Crippen molar-refractivity contribution in [2.24, 2.45) is 0 Å². The van der Waals surface area contributed by atoms with Gasteiger partial charge in [-0.05, 0) is 26.1 Å². The zero-order chi connectivity index (χ0) is 12.3. The molecule has 17 heavy (non-hydrogen) atoms. The van der Waals surface area contributed by atoms with E-state index in [1.165, 1.54) is 0 Å². The Bertz CT molecular complexity index is 562. The number of pyridine rings is 1. The van der Waals surface area contributed by atoms with Crippen molar-refractivity contribution in [3.05, 3.63) is 46.0 Å². The highest BCUT2D eigenvalue weighted by atomic mass is 16.1. The normalized spacial score (nSPS) is 10.5. The van der Waals surface area contributed by atoms with E-state index in [0.29, 0.717) is 23.6 Å². The van der Waals surface area contributed by atoms with Gasteiger partial charge in [0, 0.05) is 18.4 Å². The lowest BCUT2D eigenvalue weighted by molar-refractivity contribution is 0.787. The van der Waals surface area contributed by atoms with Crippen LogP contribution in [-0.4, -0.2) is 22.0 Å². The Kier molecular flexibility index (Phi) is 3.30. The third-order valence-corrected chi connectivity index (χ3v) is 2.48. The molecule has 2 heterocycles. The first-order valence-corrected chi connectivity index (χ1v) is 5.38. The molecular weight excluding hydrogens is 216 g/mol. The summed E-state index contributed by atoms with van der Waals surface area (Å²) in [7, 11) is 1.80. The molecule has 0 fully saturated rings. The molecule has 2 N–H and O–H groups in total. The molecule has 2 aromatic heterocycles. The lowest BCUT2D eigenvalue weighted by Crippen LogP contribution is -2.22. The summed E-state index contributed by atoms with van der Waals surface area (Å²) in [5, 5.41) is 2.95. The summed E-state index contributed by atoms with van der Waals surface area (Å²) in [6.45, 7) is 2.34. The quantitative estimate of drug-likeness (QED) is 0.820. The van der Waals surface area contributed by atoms with E-state index < -0.39 is 0 Å². The summed E-state index contributed by atoms with van der Waals surface area (Å²) in [6.07, 6.45) is 1.67. The first-order chi connectivity index (χ1) is 8.22. The van der Waals surface area contributed by atoms with Gasteiger partial charge in [0.2, 0.25) is 0 Å². The number of aromatic amines is 1. The van der Waals surface area contributed by atoms with E-state index in [1.807, 2.05) is 25.1 Å². The number of H-pyrrole nitrogens is 1. The number of hydrogen-bond donors (Lipinski definition) is 2. The molecule has 0 saturated carbocycles. The molecule has 5 heteroatoms. The van der Waals surface area contributed by atoms with Crippen LogP contribution in [0.15, 0.2) is 29.2 Å². The summed E-state index contributed by atoms with van der Waals surface area (Å²) in [5.41, 5.74) is 1.94. The minimum atomic E-state index is -0.118. The van der Waals surface area contributed by atoms with Crippen molar-refractivity contribution < 1.29 is 0 Å². The van der Waals surface area contributed by atoms with E-state index in [4.69, 9.17) is 0 Å². The second-order valence-corrected chi connectivity index (χ2v) is 3.72. The van der Waals surface area contributed by atoms with Crippen molar-refractivity contribution in [3.8, 4) is 11.5 Å². The summed E-state index contributed by atoms with van der Waals surface area (Å²) in [5.74, 6) is 0.507. The maximum atomic E-state index is 11.9. The monoisotopic (exact) mass is 230 g/mol. The Morgan fingerprint density at radius 2 is 2.24 bits per heavy atom.